The van der Waals surface area contributed by atoms with E-state index in [-0.39, 0.29) is 6.04 Å². The molecule has 54 valence electrons. The first-order valence-corrected chi connectivity index (χ1v) is 2.89. The summed E-state index contributed by atoms with van der Waals surface area (Å²) in [5.74, 6) is 5.43. The van der Waals surface area contributed by atoms with Gasteiger partial charge in [0.1, 0.15) is 0 Å². The fourth-order valence-corrected chi connectivity index (χ4v) is 0.273. The zero-order valence-electron chi connectivity index (χ0n) is 6.13. The average Bonchev–Trinajstić information content (AvgIpc) is 1.82. The fraction of sp³-hybridized carbons (Fsp3) is 0.800. The molecule has 0 aliphatic heterocycles. The van der Waals surface area contributed by atoms with Gasteiger partial charge in [-0.2, -0.15) is 5.12 Å². The van der Waals surface area contributed by atoms with Gasteiger partial charge >= 0.3 is 0 Å². The van der Waals surface area contributed by atoms with E-state index in [0.717, 1.165) is 0 Å². The molecule has 0 amide bonds. The molecular formula is C5H14N4. The Labute approximate surface area is 55.7 Å². The van der Waals surface area contributed by atoms with Gasteiger partial charge < -0.3 is 0 Å². The van der Waals surface area contributed by atoms with E-state index >= 15 is 0 Å². The van der Waals surface area contributed by atoms with Gasteiger partial charge in [0.2, 0.25) is 0 Å². The van der Waals surface area contributed by atoms with Crippen LogP contribution in [0.2, 0.25) is 0 Å². The van der Waals surface area contributed by atoms with Crippen LogP contribution < -0.4 is 11.3 Å². The van der Waals surface area contributed by atoms with Crippen LogP contribution in [0.1, 0.15) is 13.8 Å². The van der Waals surface area contributed by atoms with Crippen molar-refractivity contribution < 1.29 is 0 Å². The lowest BCUT2D eigenvalue weighted by molar-refractivity contribution is 0.192. The Morgan fingerprint density at radius 2 is 2.22 bits per heavy atom. The second-order valence-corrected chi connectivity index (χ2v) is 2.02. The lowest BCUT2D eigenvalue weighted by Crippen LogP contribution is -2.47. The summed E-state index contributed by atoms with van der Waals surface area (Å²) in [5.41, 5.74) is 2.75. The van der Waals surface area contributed by atoms with Crippen LogP contribution in [0.3, 0.4) is 0 Å². The van der Waals surface area contributed by atoms with Gasteiger partial charge in [0.15, 0.2) is 0 Å². The maximum atomic E-state index is 5.43. The van der Waals surface area contributed by atoms with Crippen LogP contribution in [0.5, 0.6) is 0 Å². The first-order chi connectivity index (χ1) is 4.18. The molecule has 4 nitrogen and oxygen atoms in total. The normalized spacial score (nSPS) is 11.8. The van der Waals surface area contributed by atoms with Crippen molar-refractivity contribution in [1.82, 2.24) is 10.5 Å². The Balaban J connectivity index is 3.38. The number of hydrogen-bond acceptors (Lipinski definition) is 3. The minimum Gasteiger partial charge on any atom is -0.296 e. The molecule has 0 atom stereocenters. The summed E-state index contributed by atoms with van der Waals surface area (Å²) in [6.07, 6.45) is 1.54. The third-order valence-electron chi connectivity index (χ3n) is 0.892. The van der Waals surface area contributed by atoms with Gasteiger partial charge in [-0.05, 0) is 13.8 Å². The Morgan fingerprint density at radius 3 is 2.56 bits per heavy atom. The molecule has 0 heterocycles. The Hall–Kier alpha value is -0.610. The van der Waals surface area contributed by atoms with Crippen molar-refractivity contribution in [2.75, 3.05) is 7.05 Å². The summed E-state index contributed by atoms with van der Waals surface area (Å²) in [5, 5.41) is 1.48. The molecule has 0 unspecified atom stereocenters. The molecule has 9 heavy (non-hydrogen) atoms. The lowest BCUT2D eigenvalue weighted by atomic mass is 10.4. The van der Waals surface area contributed by atoms with E-state index in [1.54, 1.807) is 13.4 Å². The number of nitrogens with one attached hydrogen (secondary N) is 1. The number of aliphatic imine (C=N–C) groups is 1. The molecule has 0 rings (SSSR count). The monoisotopic (exact) mass is 130 g/mol. The molecule has 0 aromatic heterocycles. The molecule has 0 aliphatic carbocycles. The van der Waals surface area contributed by atoms with E-state index in [1.165, 1.54) is 5.12 Å². The highest BCUT2D eigenvalue weighted by Gasteiger charge is 1.97. The van der Waals surface area contributed by atoms with Gasteiger partial charge in [0.25, 0.3) is 0 Å². The van der Waals surface area contributed by atoms with E-state index in [0.29, 0.717) is 0 Å². The molecule has 0 aromatic rings. The zero-order valence-corrected chi connectivity index (χ0v) is 6.13. The van der Waals surface area contributed by atoms with Crippen molar-refractivity contribution in [3.05, 3.63) is 0 Å². The SMILES string of the molecule is CN=CNN(N)C(C)C. The molecule has 3 N–H and O–H groups in total. The van der Waals surface area contributed by atoms with Crippen molar-refractivity contribution in [1.29, 1.82) is 0 Å². The summed E-state index contributed by atoms with van der Waals surface area (Å²) in [4.78, 5) is 3.70. The molecule has 0 radical (unpaired) electrons. The molecule has 0 fully saturated rings. The van der Waals surface area contributed by atoms with Gasteiger partial charge in [-0.3, -0.25) is 16.3 Å². The molecule has 0 spiro atoms. The van der Waals surface area contributed by atoms with Gasteiger partial charge in [0, 0.05) is 13.1 Å². The van der Waals surface area contributed by atoms with E-state index < -0.39 is 0 Å². The highest BCUT2D eigenvalue weighted by molar-refractivity contribution is 5.52. The van der Waals surface area contributed by atoms with Gasteiger partial charge in [0.05, 0.1) is 6.34 Å². The quantitative estimate of drug-likeness (QED) is 0.239. The number of nitrogens with zero attached hydrogens (tertiary/aromatic N) is 2. The van der Waals surface area contributed by atoms with Crippen LogP contribution >= 0.6 is 0 Å². The van der Waals surface area contributed by atoms with E-state index in [4.69, 9.17) is 5.84 Å². The second-order valence-electron chi connectivity index (χ2n) is 2.02. The number of rotatable bonds is 3. The minimum atomic E-state index is 0.281. The Morgan fingerprint density at radius 1 is 1.67 bits per heavy atom. The molecule has 0 saturated carbocycles. The topological polar surface area (TPSA) is 53.7 Å². The highest BCUT2D eigenvalue weighted by atomic mass is 15.7. The summed E-state index contributed by atoms with van der Waals surface area (Å²) in [6, 6.07) is 0.281. The van der Waals surface area contributed by atoms with E-state index in [9.17, 15) is 0 Å². The largest absolute Gasteiger partial charge is 0.296 e. The van der Waals surface area contributed by atoms with Crippen LogP contribution in [0.25, 0.3) is 0 Å². The van der Waals surface area contributed by atoms with Crippen molar-refractivity contribution in [2.24, 2.45) is 10.8 Å². The molecular weight excluding hydrogens is 116 g/mol. The second kappa shape index (κ2) is 4.29. The zero-order chi connectivity index (χ0) is 7.28. The fourth-order valence-electron chi connectivity index (χ4n) is 0.273. The third-order valence-corrected chi connectivity index (χ3v) is 0.892. The van der Waals surface area contributed by atoms with Crippen LogP contribution in [-0.2, 0) is 0 Å². The van der Waals surface area contributed by atoms with Crippen molar-refractivity contribution >= 4 is 6.34 Å². The predicted octanol–water partition coefficient (Wildman–Crippen LogP) is -0.267. The maximum Gasteiger partial charge on any atom is 0.0975 e. The number of nitrogens with two attached hydrogens (primary N) is 1. The summed E-state index contributed by atoms with van der Waals surface area (Å²) < 4.78 is 0. The van der Waals surface area contributed by atoms with Crippen LogP contribution in [0, 0.1) is 0 Å². The standard InChI is InChI=1S/C5H14N4/c1-5(2)9(6)8-4-7-3/h4-5H,6H2,1-3H3,(H,7,8). The summed E-state index contributed by atoms with van der Waals surface area (Å²) >= 11 is 0. The minimum absolute atomic E-state index is 0.281. The van der Waals surface area contributed by atoms with Crippen LogP contribution in [0.4, 0.5) is 0 Å². The third kappa shape index (κ3) is 3.93. The first-order valence-electron chi connectivity index (χ1n) is 2.89. The Kier molecular flexibility index (Phi) is 4.00. The van der Waals surface area contributed by atoms with Crippen molar-refractivity contribution in [3.63, 3.8) is 0 Å². The Bertz CT molecular complexity index is 89.0. The van der Waals surface area contributed by atoms with Gasteiger partial charge in [-0.25, -0.2) is 0 Å². The molecule has 0 saturated heterocycles. The predicted molar refractivity (Wildman–Crippen MR) is 38.7 cm³/mol. The smallest absolute Gasteiger partial charge is 0.0975 e. The van der Waals surface area contributed by atoms with Gasteiger partial charge in [-0.1, -0.05) is 0 Å². The van der Waals surface area contributed by atoms with Crippen LogP contribution in [-0.4, -0.2) is 24.5 Å². The van der Waals surface area contributed by atoms with E-state index in [1.807, 2.05) is 13.8 Å². The van der Waals surface area contributed by atoms with Crippen LogP contribution in [0.15, 0.2) is 4.99 Å². The van der Waals surface area contributed by atoms with E-state index in [2.05, 4.69) is 10.4 Å². The number of hydrazine groups is 2. The molecule has 4 heteroatoms. The van der Waals surface area contributed by atoms with Crippen molar-refractivity contribution in [2.45, 2.75) is 19.9 Å². The summed E-state index contributed by atoms with van der Waals surface area (Å²) in [6.45, 7) is 3.97. The summed E-state index contributed by atoms with van der Waals surface area (Å²) in [7, 11) is 1.68. The first kappa shape index (κ1) is 8.39. The highest BCUT2D eigenvalue weighted by Crippen LogP contribution is 1.81. The lowest BCUT2D eigenvalue weighted by Gasteiger charge is -2.18. The number of hydrogen-bond donors (Lipinski definition) is 2. The molecule has 0 bridgehead atoms. The average molecular weight is 130 g/mol. The maximum absolute atomic E-state index is 5.43. The molecule has 0 aromatic carbocycles. The molecule has 0 aliphatic rings. The van der Waals surface area contributed by atoms with Gasteiger partial charge in [-0.15, -0.1) is 0 Å². The van der Waals surface area contributed by atoms with Crippen molar-refractivity contribution in [3.8, 4) is 0 Å².